The fourth-order valence-electron chi connectivity index (χ4n) is 1.37. The maximum Gasteiger partial charge on any atom is 0.324 e. The van der Waals surface area contributed by atoms with Gasteiger partial charge in [-0.25, -0.2) is 0 Å². The van der Waals surface area contributed by atoms with Crippen LogP contribution in [0.4, 0.5) is 5.00 Å². The van der Waals surface area contributed by atoms with E-state index in [0.29, 0.717) is 12.6 Å². The second kappa shape index (κ2) is 5.24. The molecule has 7 heteroatoms. The molecule has 92 valence electrons. The number of rotatable bonds is 6. The lowest BCUT2D eigenvalue weighted by Gasteiger charge is -2.03. The normalized spacial score (nSPS) is 14.6. The highest BCUT2D eigenvalue weighted by Crippen LogP contribution is 2.23. The fourth-order valence-corrected chi connectivity index (χ4v) is 2.15. The highest BCUT2D eigenvalue weighted by atomic mass is 32.1. The van der Waals surface area contributed by atoms with Gasteiger partial charge >= 0.3 is 5.00 Å². The van der Waals surface area contributed by atoms with Crippen molar-refractivity contribution in [1.29, 1.82) is 0 Å². The van der Waals surface area contributed by atoms with E-state index < -0.39 is 4.92 Å². The van der Waals surface area contributed by atoms with Crippen LogP contribution in [0.25, 0.3) is 0 Å². The zero-order chi connectivity index (χ0) is 12.3. The minimum Gasteiger partial charge on any atom is -0.352 e. The van der Waals surface area contributed by atoms with Crippen molar-refractivity contribution in [3.8, 4) is 0 Å². The first-order valence-corrected chi connectivity index (χ1v) is 6.20. The maximum atomic E-state index is 11.3. The van der Waals surface area contributed by atoms with Gasteiger partial charge in [-0.05, 0) is 18.9 Å². The van der Waals surface area contributed by atoms with E-state index in [9.17, 15) is 14.9 Å². The third-order valence-corrected chi connectivity index (χ3v) is 3.39. The van der Waals surface area contributed by atoms with Crippen LogP contribution in [-0.4, -0.2) is 23.4 Å². The third-order valence-electron chi connectivity index (χ3n) is 2.35. The molecule has 0 bridgehead atoms. The summed E-state index contributed by atoms with van der Waals surface area (Å²) in [6.45, 7) is 0.735. The number of carbonyl (C=O) groups is 1. The molecule has 0 aromatic carbocycles. The molecular formula is C10H13N3O3S. The zero-order valence-electron chi connectivity index (χ0n) is 9.14. The van der Waals surface area contributed by atoms with Crippen LogP contribution in [-0.2, 0) is 11.3 Å². The van der Waals surface area contributed by atoms with Gasteiger partial charge in [-0.15, -0.1) is 0 Å². The van der Waals surface area contributed by atoms with E-state index in [-0.39, 0.29) is 17.5 Å². The standard InChI is InChI=1S/C10H13N3O3S/c14-9(12-7-1-2-7)6-11-5-8-3-4-10(17-8)13(15)16/h3-4,7,11H,1-2,5-6H2,(H,12,14). The van der Waals surface area contributed by atoms with Gasteiger partial charge in [0.05, 0.1) is 11.5 Å². The first-order chi connectivity index (χ1) is 8.15. The third kappa shape index (κ3) is 3.79. The Balaban J connectivity index is 1.69. The second-order valence-corrected chi connectivity index (χ2v) is 5.09. The lowest BCUT2D eigenvalue weighted by molar-refractivity contribution is -0.380. The van der Waals surface area contributed by atoms with Gasteiger partial charge in [0, 0.05) is 23.5 Å². The van der Waals surface area contributed by atoms with Crippen molar-refractivity contribution in [3.05, 3.63) is 27.1 Å². The van der Waals surface area contributed by atoms with Crippen LogP contribution < -0.4 is 10.6 Å². The van der Waals surface area contributed by atoms with Crippen LogP contribution in [0.5, 0.6) is 0 Å². The Hall–Kier alpha value is -1.47. The predicted octanol–water partition coefficient (Wildman–Crippen LogP) is 1.02. The molecule has 1 aromatic heterocycles. The van der Waals surface area contributed by atoms with Gasteiger partial charge in [0.2, 0.25) is 5.91 Å². The molecule has 1 heterocycles. The van der Waals surface area contributed by atoms with Crippen molar-refractivity contribution in [2.75, 3.05) is 6.54 Å². The molecule has 0 atom stereocenters. The molecule has 1 saturated carbocycles. The number of thiophene rings is 1. The van der Waals surface area contributed by atoms with Crippen molar-refractivity contribution in [3.63, 3.8) is 0 Å². The molecule has 17 heavy (non-hydrogen) atoms. The van der Waals surface area contributed by atoms with E-state index in [1.165, 1.54) is 6.07 Å². The van der Waals surface area contributed by atoms with Crippen molar-refractivity contribution in [2.24, 2.45) is 0 Å². The number of nitrogens with zero attached hydrogens (tertiary/aromatic N) is 1. The molecule has 2 rings (SSSR count). The fraction of sp³-hybridized carbons (Fsp3) is 0.500. The smallest absolute Gasteiger partial charge is 0.324 e. The summed E-state index contributed by atoms with van der Waals surface area (Å²) < 4.78 is 0. The number of nitro groups is 1. The van der Waals surface area contributed by atoms with E-state index >= 15 is 0 Å². The van der Waals surface area contributed by atoms with E-state index in [1.807, 2.05) is 0 Å². The topological polar surface area (TPSA) is 84.3 Å². The van der Waals surface area contributed by atoms with Crippen molar-refractivity contribution < 1.29 is 9.72 Å². The Bertz CT molecular complexity index is 428. The summed E-state index contributed by atoms with van der Waals surface area (Å²) in [5.41, 5.74) is 0. The van der Waals surface area contributed by atoms with Crippen molar-refractivity contribution in [1.82, 2.24) is 10.6 Å². The number of hydrogen-bond donors (Lipinski definition) is 2. The zero-order valence-corrected chi connectivity index (χ0v) is 9.96. The summed E-state index contributed by atoms with van der Waals surface area (Å²) in [6, 6.07) is 3.55. The van der Waals surface area contributed by atoms with Crippen LogP contribution in [0.3, 0.4) is 0 Å². The van der Waals surface area contributed by atoms with Gasteiger partial charge in [-0.3, -0.25) is 14.9 Å². The summed E-state index contributed by atoms with van der Waals surface area (Å²) >= 11 is 1.13. The van der Waals surface area contributed by atoms with Crippen LogP contribution in [0.1, 0.15) is 17.7 Å². The van der Waals surface area contributed by atoms with E-state index in [2.05, 4.69) is 10.6 Å². The number of nitrogens with one attached hydrogen (secondary N) is 2. The maximum absolute atomic E-state index is 11.3. The average molecular weight is 255 g/mol. The first-order valence-electron chi connectivity index (χ1n) is 5.38. The quantitative estimate of drug-likeness (QED) is 0.587. The highest BCUT2D eigenvalue weighted by Gasteiger charge is 2.22. The minimum atomic E-state index is -0.409. The SMILES string of the molecule is O=C(CNCc1ccc([N+](=O)[O-])s1)NC1CC1. The average Bonchev–Trinajstić information content (AvgIpc) is 2.94. The van der Waals surface area contributed by atoms with Gasteiger partial charge in [0.25, 0.3) is 0 Å². The summed E-state index contributed by atoms with van der Waals surface area (Å²) in [4.78, 5) is 22.2. The number of carbonyl (C=O) groups excluding carboxylic acids is 1. The summed E-state index contributed by atoms with van der Waals surface area (Å²) in [5, 5.41) is 16.4. The second-order valence-electron chi connectivity index (χ2n) is 3.94. The highest BCUT2D eigenvalue weighted by molar-refractivity contribution is 7.15. The van der Waals surface area contributed by atoms with Crippen LogP contribution >= 0.6 is 11.3 Å². The molecule has 0 spiro atoms. The van der Waals surface area contributed by atoms with Crippen LogP contribution in [0.15, 0.2) is 12.1 Å². The molecule has 1 aliphatic rings. The molecule has 1 aromatic rings. The minimum absolute atomic E-state index is 0.0152. The molecule has 1 fully saturated rings. The number of amides is 1. The lowest BCUT2D eigenvalue weighted by Crippen LogP contribution is -2.34. The molecule has 0 unspecified atom stereocenters. The Morgan fingerprint density at radius 1 is 1.53 bits per heavy atom. The molecule has 0 aliphatic heterocycles. The Labute approximate surface area is 102 Å². The molecule has 1 aliphatic carbocycles. The van der Waals surface area contributed by atoms with E-state index in [0.717, 1.165) is 29.1 Å². The summed E-state index contributed by atoms with van der Waals surface area (Å²) in [5.74, 6) is -0.0152. The Morgan fingerprint density at radius 3 is 2.88 bits per heavy atom. The van der Waals surface area contributed by atoms with E-state index in [1.54, 1.807) is 6.07 Å². The Morgan fingerprint density at radius 2 is 2.29 bits per heavy atom. The molecule has 1 amide bonds. The molecule has 6 nitrogen and oxygen atoms in total. The van der Waals surface area contributed by atoms with Crippen LogP contribution in [0, 0.1) is 10.1 Å². The number of hydrogen-bond acceptors (Lipinski definition) is 5. The van der Waals surface area contributed by atoms with Crippen molar-refractivity contribution in [2.45, 2.75) is 25.4 Å². The monoisotopic (exact) mass is 255 g/mol. The molecule has 2 N–H and O–H groups in total. The van der Waals surface area contributed by atoms with Crippen LogP contribution in [0.2, 0.25) is 0 Å². The van der Waals surface area contributed by atoms with Gasteiger partial charge in [-0.1, -0.05) is 11.3 Å². The van der Waals surface area contributed by atoms with Gasteiger partial charge < -0.3 is 10.6 Å². The predicted molar refractivity (Wildman–Crippen MR) is 63.8 cm³/mol. The van der Waals surface area contributed by atoms with Gasteiger partial charge in [0.1, 0.15) is 0 Å². The summed E-state index contributed by atoms with van der Waals surface area (Å²) in [7, 11) is 0. The molecular weight excluding hydrogens is 242 g/mol. The lowest BCUT2D eigenvalue weighted by atomic mass is 10.4. The molecule has 0 radical (unpaired) electrons. The van der Waals surface area contributed by atoms with E-state index in [4.69, 9.17) is 0 Å². The van der Waals surface area contributed by atoms with Crippen molar-refractivity contribution >= 4 is 22.2 Å². The largest absolute Gasteiger partial charge is 0.352 e. The first kappa shape index (κ1) is 12.0. The molecule has 0 saturated heterocycles. The van der Waals surface area contributed by atoms with Gasteiger partial charge in [-0.2, -0.15) is 0 Å². The Kier molecular flexibility index (Phi) is 3.70. The summed E-state index contributed by atoms with van der Waals surface area (Å²) in [6.07, 6.45) is 2.14. The van der Waals surface area contributed by atoms with Gasteiger partial charge in [0.15, 0.2) is 0 Å².